The average molecular weight is 216 g/mol. The van der Waals surface area contributed by atoms with Crippen molar-refractivity contribution in [3.05, 3.63) is 53.7 Å². The molecule has 0 aliphatic heterocycles. The third kappa shape index (κ3) is 2.49. The molecule has 0 bridgehead atoms. The van der Waals surface area contributed by atoms with Gasteiger partial charge in [-0.3, -0.25) is 4.98 Å². The van der Waals surface area contributed by atoms with Crippen molar-refractivity contribution < 1.29 is 4.42 Å². The van der Waals surface area contributed by atoms with Gasteiger partial charge in [0, 0.05) is 18.4 Å². The molecule has 0 fully saturated rings. The van der Waals surface area contributed by atoms with Crippen LogP contribution in [0.25, 0.3) is 0 Å². The van der Waals surface area contributed by atoms with Crippen molar-refractivity contribution in [1.29, 1.82) is 0 Å². The van der Waals surface area contributed by atoms with Crippen LogP contribution in [-0.2, 0) is 6.54 Å². The summed E-state index contributed by atoms with van der Waals surface area (Å²) in [6.07, 6.45) is 5.35. The first-order chi connectivity index (χ1) is 7.77. The Kier molecular flexibility index (Phi) is 3.37. The zero-order chi connectivity index (χ0) is 11.4. The first-order valence-corrected chi connectivity index (χ1v) is 5.43. The molecule has 0 amide bonds. The summed E-state index contributed by atoms with van der Waals surface area (Å²) in [6.45, 7) is 4.94. The van der Waals surface area contributed by atoms with Gasteiger partial charge in [-0.1, -0.05) is 0 Å². The minimum Gasteiger partial charge on any atom is -0.468 e. The fourth-order valence-corrected chi connectivity index (χ4v) is 1.60. The van der Waals surface area contributed by atoms with Crippen molar-refractivity contribution in [3.8, 4) is 0 Å². The first-order valence-electron chi connectivity index (χ1n) is 5.43. The molecular weight excluding hydrogens is 200 g/mol. The van der Waals surface area contributed by atoms with Gasteiger partial charge in [-0.25, -0.2) is 0 Å². The van der Waals surface area contributed by atoms with Crippen LogP contribution >= 0.6 is 0 Å². The average Bonchev–Trinajstić information content (AvgIpc) is 2.73. The molecule has 2 rings (SSSR count). The van der Waals surface area contributed by atoms with E-state index in [1.54, 1.807) is 6.26 Å². The summed E-state index contributed by atoms with van der Waals surface area (Å²) in [5, 5.41) is 3.42. The minimum absolute atomic E-state index is 0.299. The molecule has 3 heteroatoms. The van der Waals surface area contributed by atoms with Gasteiger partial charge in [0.05, 0.1) is 12.8 Å². The largest absolute Gasteiger partial charge is 0.468 e. The van der Waals surface area contributed by atoms with E-state index in [2.05, 4.69) is 24.1 Å². The lowest BCUT2D eigenvalue weighted by atomic mass is 10.1. The molecule has 0 saturated carbocycles. The second-order valence-electron chi connectivity index (χ2n) is 3.91. The third-order valence-electron chi connectivity index (χ3n) is 2.74. The normalized spacial score (nSPS) is 12.6. The van der Waals surface area contributed by atoms with Crippen molar-refractivity contribution in [2.24, 2.45) is 0 Å². The van der Waals surface area contributed by atoms with E-state index in [1.165, 1.54) is 11.1 Å². The van der Waals surface area contributed by atoms with Crippen LogP contribution in [0, 0.1) is 6.92 Å². The van der Waals surface area contributed by atoms with E-state index in [0.717, 1.165) is 12.3 Å². The van der Waals surface area contributed by atoms with Gasteiger partial charge >= 0.3 is 0 Å². The molecule has 3 nitrogen and oxygen atoms in total. The fraction of sp³-hybridized carbons (Fsp3) is 0.308. The quantitative estimate of drug-likeness (QED) is 0.854. The molecule has 2 heterocycles. The molecule has 0 aromatic carbocycles. The highest BCUT2D eigenvalue weighted by atomic mass is 16.3. The maximum Gasteiger partial charge on any atom is 0.120 e. The van der Waals surface area contributed by atoms with E-state index in [4.69, 9.17) is 4.42 Å². The number of hydrogen-bond donors (Lipinski definition) is 1. The molecule has 0 spiro atoms. The molecule has 0 unspecified atom stereocenters. The van der Waals surface area contributed by atoms with Crippen molar-refractivity contribution in [1.82, 2.24) is 10.3 Å². The van der Waals surface area contributed by atoms with Crippen LogP contribution in [0.4, 0.5) is 0 Å². The van der Waals surface area contributed by atoms with E-state index in [-0.39, 0.29) is 0 Å². The first kappa shape index (κ1) is 10.9. The van der Waals surface area contributed by atoms with Crippen LogP contribution in [0.5, 0.6) is 0 Å². The molecule has 1 N–H and O–H groups in total. The lowest BCUT2D eigenvalue weighted by molar-refractivity contribution is 0.458. The minimum atomic E-state index is 0.299. The smallest absolute Gasteiger partial charge is 0.120 e. The summed E-state index contributed by atoms with van der Waals surface area (Å²) in [4.78, 5) is 4.01. The molecule has 0 radical (unpaired) electrons. The lowest BCUT2D eigenvalue weighted by Gasteiger charge is -2.13. The van der Waals surface area contributed by atoms with Gasteiger partial charge in [-0.05, 0) is 43.2 Å². The van der Waals surface area contributed by atoms with E-state index in [0.29, 0.717) is 6.04 Å². The van der Waals surface area contributed by atoms with Crippen molar-refractivity contribution in [2.45, 2.75) is 26.4 Å². The Labute approximate surface area is 95.5 Å². The van der Waals surface area contributed by atoms with Crippen LogP contribution in [-0.4, -0.2) is 4.98 Å². The highest BCUT2D eigenvalue weighted by Crippen LogP contribution is 2.13. The zero-order valence-corrected chi connectivity index (χ0v) is 9.60. The lowest BCUT2D eigenvalue weighted by Crippen LogP contribution is -2.18. The zero-order valence-electron chi connectivity index (χ0n) is 9.60. The number of nitrogens with zero attached hydrogens (tertiary/aromatic N) is 1. The monoisotopic (exact) mass is 216 g/mol. The van der Waals surface area contributed by atoms with Crippen LogP contribution < -0.4 is 5.32 Å². The van der Waals surface area contributed by atoms with E-state index < -0.39 is 0 Å². The summed E-state index contributed by atoms with van der Waals surface area (Å²) < 4.78 is 5.38. The number of rotatable bonds is 4. The molecular formula is C13H16N2O. The van der Waals surface area contributed by atoms with Gasteiger partial charge in [-0.2, -0.15) is 0 Å². The molecule has 2 aromatic heterocycles. The number of furan rings is 1. The second-order valence-corrected chi connectivity index (χ2v) is 3.91. The molecule has 0 aliphatic rings. The van der Waals surface area contributed by atoms with Crippen molar-refractivity contribution in [3.63, 3.8) is 0 Å². The van der Waals surface area contributed by atoms with Crippen molar-refractivity contribution in [2.75, 3.05) is 0 Å². The molecule has 16 heavy (non-hydrogen) atoms. The van der Waals surface area contributed by atoms with Gasteiger partial charge in [0.1, 0.15) is 5.76 Å². The standard InChI is InChI=1S/C13H16N2O/c1-10-5-8-16-13(10)9-15-11(2)12-3-6-14-7-4-12/h3-8,11,15H,9H2,1-2H3/t11-/m0/s1. The Morgan fingerprint density at radius 1 is 1.31 bits per heavy atom. The maximum atomic E-state index is 5.38. The predicted octanol–water partition coefficient (Wildman–Crippen LogP) is 2.83. The summed E-state index contributed by atoms with van der Waals surface area (Å²) in [7, 11) is 0. The predicted molar refractivity (Wildman–Crippen MR) is 62.9 cm³/mol. The van der Waals surface area contributed by atoms with Gasteiger partial charge in [0.2, 0.25) is 0 Å². The molecule has 0 aliphatic carbocycles. The van der Waals surface area contributed by atoms with Crippen LogP contribution in [0.1, 0.15) is 29.9 Å². The second kappa shape index (κ2) is 4.94. The summed E-state index contributed by atoms with van der Waals surface area (Å²) in [5.74, 6) is 1.00. The van der Waals surface area contributed by atoms with Gasteiger partial charge in [-0.15, -0.1) is 0 Å². The Balaban J connectivity index is 1.94. The Hall–Kier alpha value is -1.61. The van der Waals surface area contributed by atoms with Crippen LogP contribution in [0.2, 0.25) is 0 Å². The maximum absolute atomic E-state index is 5.38. The Morgan fingerprint density at radius 2 is 2.06 bits per heavy atom. The Bertz CT molecular complexity index is 436. The van der Waals surface area contributed by atoms with Gasteiger partial charge in [0.25, 0.3) is 0 Å². The fourth-order valence-electron chi connectivity index (χ4n) is 1.60. The molecule has 0 saturated heterocycles. The van der Waals surface area contributed by atoms with E-state index in [9.17, 15) is 0 Å². The molecule has 1 atom stereocenters. The SMILES string of the molecule is Cc1ccoc1CN[C@@H](C)c1ccncc1. The van der Waals surface area contributed by atoms with Gasteiger partial charge < -0.3 is 9.73 Å². The van der Waals surface area contributed by atoms with Crippen LogP contribution in [0.15, 0.2) is 41.3 Å². The van der Waals surface area contributed by atoms with Crippen LogP contribution in [0.3, 0.4) is 0 Å². The highest BCUT2D eigenvalue weighted by Gasteiger charge is 2.06. The van der Waals surface area contributed by atoms with E-state index in [1.807, 2.05) is 30.6 Å². The Morgan fingerprint density at radius 3 is 2.69 bits per heavy atom. The van der Waals surface area contributed by atoms with E-state index >= 15 is 0 Å². The summed E-state index contributed by atoms with van der Waals surface area (Å²) >= 11 is 0. The number of aryl methyl sites for hydroxylation is 1. The highest BCUT2D eigenvalue weighted by molar-refractivity contribution is 5.16. The number of nitrogens with one attached hydrogen (secondary N) is 1. The topological polar surface area (TPSA) is 38.1 Å². The van der Waals surface area contributed by atoms with Crippen molar-refractivity contribution >= 4 is 0 Å². The summed E-state index contributed by atoms with van der Waals surface area (Å²) in [5.41, 5.74) is 2.42. The molecule has 2 aromatic rings. The molecule has 84 valence electrons. The third-order valence-corrected chi connectivity index (χ3v) is 2.74. The van der Waals surface area contributed by atoms with Gasteiger partial charge in [0.15, 0.2) is 0 Å². The number of hydrogen-bond acceptors (Lipinski definition) is 3. The number of pyridine rings is 1. The number of aromatic nitrogens is 1. The summed E-state index contributed by atoms with van der Waals surface area (Å²) in [6, 6.07) is 6.32.